The van der Waals surface area contributed by atoms with Crippen LogP contribution in [0.15, 0.2) is 0 Å². The highest BCUT2D eigenvalue weighted by Crippen LogP contribution is 2.50. The molecule has 0 aliphatic heterocycles. The van der Waals surface area contributed by atoms with Gasteiger partial charge < -0.3 is 0 Å². The maximum atomic E-state index is 11.9. The predicted molar refractivity (Wildman–Crippen MR) is 60.2 cm³/mol. The Morgan fingerprint density at radius 1 is 1.21 bits per heavy atom. The second-order valence-corrected chi connectivity index (χ2v) is 6.06. The fourth-order valence-electron chi connectivity index (χ4n) is 3.11. The molecule has 1 unspecified atom stereocenters. The van der Waals surface area contributed by atoms with Crippen molar-refractivity contribution in [2.24, 2.45) is 16.7 Å². The number of hydrogen-bond acceptors (Lipinski definition) is 1. The number of Topliss-reactive ketones (excluding diaryl/α,β-unsaturated/α-hetero) is 1. The van der Waals surface area contributed by atoms with Crippen molar-refractivity contribution in [1.29, 1.82) is 0 Å². The molecule has 0 aromatic carbocycles. The summed E-state index contributed by atoms with van der Waals surface area (Å²) >= 11 is 0. The lowest BCUT2D eigenvalue weighted by Crippen LogP contribution is -2.42. The lowest BCUT2D eigenvalue weighted by Gasteiger charge is -2.46. The number of ketones is 1. The fraction of sp³-hybridized carbons (Fsp3) is 0.923. The molecule has 1 heteroatoms. The lowest BCUT2D eigenvalue weighted by molar-refractivity contribution is -0.134. The molecule has 0 spiro atoms. The third kappa shape index (κ3) is 2.02. The van der Waals surface area contributed by atoms with Gasteiger partial charge >= 0.3 is 0 Å². The van der Waals surface area contributed by atoms with Gasteiger partial charge in [-0.1, -0.05) is 34.1 Å². The molecular formula is C13H24O. The number of carbonyl (C=O) groups is 1. The van der Waals surface area contributed by atoms with Crippen molar-refractivity contribution >= 4 is 5.78 Å². The van der Waals surface area contributed by atoms with E-state index < -0.39 is 0 Å². The summed E-state index contributed by atoms with van der Waals surface area (Å²) in [5.74, 6) is 0.889. The Bertz CT molecular complexity index is 227. The molecule has 0 radical (unpaired) electrons. The van der Waals surface area contributed by atoms with Gasteiger partial charge in [-0.15, -0.1) is 0 Å². The van der Waals surface area contributed by atoms with Crippen LogP contribution in [0.25, 0.3) is 0 Å². The van der Waals surface area contributed by atoms with Crippen LogP contribution in [0.5, 0.6) is 0 Å². The van der Waals surface area contributed by atoms with Gasteiger partial charge in [0, 0.05) is 5.41 Å². The molecule has 1 nitrogen and oxygen atoms in total. The summed E-state index contributed by atoms with van der Waals surface area (Å²) in [5.41, 5.74) is 0.329. The van der Waals surface area contributed by atoms with E-state index in [9.17, 15) is 4.79 Å². The monoisotopic (exact) mass is 196 g/mol. The van der Waals surface area contributed by atoms with Crippen molar-refractivity contribution in [1.82, 2.24) is 0 Å². The van der Waals surface area contributed by atoms with Crippen molar-refractivity contribution in [2.75, 3.05) is 0 Å². The van der Waals surface area contributed by atoms with Gasteiger partial charge in [-0.25, -0.2) is 0 Å². The summed E-state index contributed by atoms with van der Waals surface area (Å²) in [7, 11) is 0. The second-order valence-electron chi connectivity index (χ2n) is 6.06. The molecule has 0 bridgehead atoms. The molecular weight excluding hydrogens is 172 g/mol. The summed E-state index contributed by atoms with van der Waals surface area (Å²) in [5, 5.41) is 0. The van der Waals surface area contributed by atoms with Crippen LogP contribution in [0.4, 0.5) is 0 Å². The topological polar surface area (TPSA) is 17.1 Å². The van der Waals surface area contributed by atoms with Crippen LogP contribution in [0.1, 0.15) is 60.3 Å². The molecule has 0 amide bonds. The van der Waals surface area contributed by atoms with E-state index in [4.69, 9.17) is 0 Å². The van der Waals surface area contributed by atoms with Gasteiger partial charge in [-0.05, 0) is 37.5 Å². The Balaban J connectivity index is 2.94. The van der Waals surface area contributed by atoms with Crippen molar-refractivity contribution in [2.45, 2.75) is 60.3 Å². The first-order chi connectivity index (χ1) is 6.30. The molecule has 1 atom stereocenters. The minimum absolute atomic E-state index is 0.0260. The van der Waals surface area contributed by atoms with E-state index in [-0.39, 0.29) is 5.41 Å². The minimum Gasteiger partial charge on any atom is -0.299 e. The predicted octanol–water partition coefficient (Wildman–Crippen LogP) is 3.82. The first kappa shape index (κ1) is 11.7. The van der Waals surface area contributed by atoms with Crippen LogP contribution in [-0.4, -0.2) is 5.78 Å². The smallest absolute Gasteiger partial charge is 0.136 e. The summed E-state index contributed by atoms with van der Waals surface area (Å²) in [6.45, 7) is 10.8. The van der Waals surface area contributed by atoms with Crippen LogP contribution in [0, 0.1) is 16.7 Å². The van der Waals surface area contributed by atoms with Gasteiger partial charge in [0.1, 0.15) is 5.78 Å². The Morgan fingerprint density at radius 2 is 1.79 bits per heavy atom. The van der Waals surface area contributed by atoms with Crippen LogP contribution in [-0.2, 0) is 4.79 Å². The maximum Gasteiger partial charge on any atom is 0.136 e. The van der Waals surface area contributed by atoms with Crippen molar-refractivity contribution in [3.8, 4) is 0 Å². The Labute approximate surface area is 88.3 Å². The summed E-state index contributed by atoms with van der Waals surface area (Å²) in [6.07, 6.45) is 4.66. The van der Waals surface area contributed by atoms with E-state index in [0.717, 1.165) is 12.8 Å². The van der Waals surface area contributed by atoms with E-state index in [0.29, 0.717) is 17.1 Å². The quantitative estimate of drug-likeness (QED) is 0.656. The molecule has 0 N–H and O–H groups in total. The van der Waals surface area contributed by atoms with Crippen LogP contribution in [0.3, 0.4) is 0 Å². The third-order valence-electron chi connectivity index (χ3n) is 4.08. The first-order valence-electron chi connectivity index (χ1n) is 5.81. The van der Waals surface area contributed by atoms with Gasteiger partial charge in [-0.3, -0.25) is 4.79 Å². The third-order valence-corrected chi connectivity index (χ3v) is 4.08. The fourth-order valence-corrected chi connectivity index (χ4v) is 3.11. The van der Waals surface area contributed by atoms with Crippen LogP contribution in [0.2, 0.25) is 0 Å². The summed E-state index contributed by atoms with van der Waals surface area (Å²) < 4.78 is 0. The minimum atomic E-state index is -0.0260. The highest BCUT2D eigenvalue weighted by atomic mass is 16.1. The number of hydrogen-bond donors (Lipinski definition) is 0. The van der Waals surface area contributed by atoms with Crippen molar-refractivity contribution < 1.29 is 4.79 Å². The zero-order valence-corrected chi connectivity index (χ0v) is 10.3. The molecule has 0 aromatic heterocycles. The average molecular weight is 196 g/mol. The largest absolute Gasteiger partial charge is 0.299 e. The van der Waals surface area contributed by atoms with E-state index >= 15 is 0 Å². The molecule has 1 fully saturated rings. The number of rotatable bonds is 2. The normalized spacial score (nSPS) is 31.9. The lowest BCUT2D eigenvalue weighted by atomic mass is 9.57. The molecule has 82 valence electrons. The van der Waals surface area contributed by atoms with Gasteiger partial charge in [0.05, 0.1) is 0 Å². The maximum absolute atomic E-state index is 11.9. The van der Waals surface area contributed by atoms with E-state index in [1.54, 1.807) is 6.92 Å². The zero-order chi connectivity index (χ0) is 11.0. The van der Waals surface area contributed by atoms with Gasteiger partial charge in [0.15, 0.2) is 0 Å². The van der Waals surface area contributed by atoms with Gasteiger partial charge in [0.25, 0.3) is 0 Å². The molecule has 1 saturated carbocycles. The Hall–Kier alpha value is -0.330. The standard InChI is InChI=1S/C13H24O/c1-10(2)13(11(3)14)8-6-7-12(4,5)9-13/h10H,6-9H2,1-5H3. The van der Waals surface area contributed by atoms with Gasteiger partial charge in [-0.2, -0.15) is 0 Å². The van der Waals surface area contributed by atoms with Crippen molar-refractivity contribution in [3.63, 3.8) is 0 Å². The molecule has 0 aromatic rings. The summed E-state index contributed by atoms with van der Waals surface area (Å²) in [4.78, 5) is 11.9. The molecule has 0 saturated heterocycles. The van der Waals surface area contributed by atoms with Crippen LogP contribution < -0.4 is 0 Å². The Morgan fingerprint density at radius 3 is 2.07 bits per heavy atom. The summed E-state index contributed by atoms with van der Waals surface area (Å²) in [6, 6.07) is 0. The number of carbonyl (C=O) groups excluding carboxylic acids is 1. The second kappa shape index (κ2) is 3.67. The molecule has 1 aliphatic carbocycles. The first-order valence-corrected chi connectivity index (χ1v) is 5.81. The van der Waals surface area contributed by atoms with E-state index in [2.05, 4.69) is 27.7 Å². The zero-order valence-electron chi connectivity index (χ0n) is 10.3. The van der Waals surface area contributed by atoms with Crippen molar-refractivity contribution in [3.05, 3.63) is 0 Å². The molecule has 1 aliphatic rings. The SMILES string of the molecule is CC(=O)C1(C(C)C)CCCC(C)(C)C1. The van der Waals surface area contributed by atoms with E-state index in [1.165, 1.54) is 12.8 Å². The van der Waals surface area contributed by atoms with Crippen LogP contribution >= 0.6 is 0 Å². The Kier molecular flexibility index (Phi) is 3.08. The molecule has 14 heavy (non-hydrogen) atoms. The molecule has 0 heterocycles. The molecule has 1 rings (SSSR count). The highest BCUT2D eigenvalue weighted by Gasteiger charge is 2.45. The van der Waals surface area contributed by atoms with Gasteiger partial charge in [0.2, 0.25) is 0 Å². The van der Waals surface area contributed by atoms with E-state index in [1.807, 2.05) is 0 Å². The average Bonchev–Trinajstić information content (AvgIpc) is 2.01. The highest BCUT2D eigenvalue weighted by molar-refractivity contribution is 5.82.